The fourth-order valence-electron chi connectivity index (χ4n) is 2.48. The maximum Gasteiger partial charge on any atom is 0.633 e. The van der Waals surface area contributed by atoms with E-state index in [0.717, 1.165) is 18.2 Å². The second-order valence-corrected chi connectivity index (χ2v) is 6.05. The third-order valence-corrected chi connectivity index (χ3v) is 3.77. The molecule has 29 heavy (non-hydrogen) atoms. The van der Waals surface area contributed by atoms with Gasteiger partial charge < -0.3 is 25.8 Å². The van der Waals surface area contributed by atoms with E-state index in [0.29, 0.717) is 25.1 Å². The standard InChI is InChI=1S/C15H21BF2N6O4.ClH/c17-11-5-10(6-12(18)7-11)8-20-14(25)9-24-15(21-22-23-24)13(19)3-1-2-4-28-16(26)27;/h5-7,13,26-27H,1-4,8-9,19H2,(H,20,25);1H. The Bertz CT molecular complexity index is 765. The minimum atomic E-state index is -1.80. The largest absolute Gasteiger partial charge is 0.633 e. The normalized spacial score (nSPS) is 11.6. The number of carbonyl (C=O) groups is 1. The van der Waals surface area contributed by atoms with Gasteiger partial charge in [0.2, 0.25) is 5.91 Å². The Hall–Kier alpha value is -2.19. The minimum Gasteiger partial charge on any atom is -0.402 e. The van der Waals surface area contributed by atoms with E-state index in [1.165, 1.54) is 4.68 Å². The number of aromatic nitrogens is 4. The molecule has 0 aliphatic heterocycles. The van der Waals surface area contributed by atoms with E-state index in [-0.39, 0.29) is 37.7 Å². The van der Waals surface area contributed by atoms with Crippen LogP contribution in [0.3, 0.4) is 0 Å². The van der Waals surface area contributed by atoms with Crippen LogP contribution in [0.25, 0.3) is 0 Å². The zero-order chi connectivity index (χ0) is 20.5. The van der Waals surface area contributed by atoms with Crippen LogP contribution >= 0.6 is 12.4 Å². The molecule has 160 valence electrons. The number of rotatable bonds is 11. The summed E-state index contributed by atoms with van der Waals surface area (Å²) in [6.07, 6.45) is 1.67. The van der Waals surface area contributed by atoms with Crippen molar-refractivity contribution >= 4 is 25.6 Å². The molecule has 1 unspecified atom stereocenters. The molecule has 0 aliphatic carbocycles. The smallest absolute Gasteiger partial charge is 0.402 e. The number of amides is 1. The Morgan fingerprint density at radius 3 is 2.62 bits per heavy atom. The summed E-state index contributed by atoms with van der Waals surface area (Å²) in [4.78, 5) is 12.1. The zero-order valence-corrected chi connectivity index (χ0v) is 16.2. The molecular formula is C15H22BClF2N6O4. The van der Waals surface area contributed by atoms with Gasteiger partial charge in [0.05, 0.1) is 6.04 Å². The van der Waals surface area contributed by atoms with E-state index in [2.05, 4.69) is 25.5 Å². The van der Waals surface area contributed by atoms with Gasteiger partial charge in [0.1, 0.15) is 18.2 Å². The highest BCUT2D eigenvalue weighted by molar-refractivity contribution is 6.32. The third kappa shape index (κ3) is 8.79. The SMILES string of the molecule is Cl.NC(CCCCOB(O)O)c1nnnn1CC(=O)NCc1cc(F)cc(F)c1. The lowest BCUT2D eigenvalue weighted by Gasteiger charge is -2.12. The first-order valence-corrected chi connectivity index (χ1v) is 8.56. The van der Waals surface area contributed by atoms with E-state index < -0.39 is 30.9 Å². The van der Waals surface area contributed by atoms with Gasteiger partial charge >= 0.3 is 7.32 Å². The molecule has 0 aliphatic rings. The highest BCUT2D eigenvalue weighted by atomic mass is 35.5. The lowest BCUT2D eigenvalue weighted by Crippen LogP contribution is -2.29. The molecule has 1 aromatic heterocycles. The van der Waals surface area contributed by atoms with Crippen molar-refractivity contribution < 1.29 is 28.3 Å². The molecule has 0 fully saturated rings. The molecule has 1 aromatic carbocycles. The molecule has 10 nitrogen and oxygen atoms in total. The van der Waals surface area contributed by atoms with Crippen molar-refractivity contribution in [3.05, 3.63) is 41.2 Å². The Morgan fingerprint density at radius 2 is 1.97 bits per heavy atom. The maximum absolute atomic E-state index is 13.2. The van der Waals surface area contributed by atoms with Gasteiger partial charge in [-0.1, -0.05) is 0 Å². The monoisotopic (exact) mass is 434 g/mol. The number of hydrogen-bond acceptors (Lipinski definition) is 8. The Morgan fingerprint density at radius 1 is 1.28 bits per heavy atom. The van der Waals surface area contributed by atoms with Gasteiger partial charge in [-0.15, -0.1) is 17.5 Å². The molecule has 0 radical (unpaired) electrons. The molecule has 1 heterocycles. The van der Waals surface area contributed by atoms with Gasteiger partial charge in [-0.3, -0.25) is 4.79 Å². The van der Waals surface area contributed by atoms with E-state index in [1.54, 1.807) is 0 Å². The first kappa shape index (κ1) is 24.9. The molecule has 14 heteroatoms. The van der Waals surface area contributed by atoms with E-state index >= 15 is 0 Å². The summed E-state index contributed by atoms with van der Waals surface area (Å²) in [7, 11) is -1.80. The Balaban J connectivity index is 0.00000420. The molecule has 0 spiro atoms. The second-order valence-electron chi connectivity index (χ2n) is 6.05. The van der Waals surface area contributed by atoms with Gasteiger partial charge in [-0.05, 0) is 47.4 Å². The van der Waals surface area contributed by atoms with Crippen molar-refractivity contribution in [1.82, 2.24) is 25.5 Å². The number of unbranched alkanes of at least 4 members (excludes halogenated alkanes) is 1. The Kier molecular flexibility index (Phi) is 10.6. The number of nitrogens with one attached hydrogen (secondary N) is 1. The van der Waals surface area contributed by atoms with Crippen LogP contribution in [-0.4, -0.2) is 50.1 Å². The van der Waals surface area contributed by atoms with Crippen LogP contribution in [0.2, 0.25) is 0 Å². The summed E-state index contributed by atoms with van der Waals surface area (Å²) in [6, 6.07) is 2.47. The van der Waals surface area contributed by atoms with Crippen LogP contribution in [0.15, 0.2) is 18.2 Å². The van der Waals surface area contributed by atoms with Crippen LogP contribution in [0.4, 0.5) is 8.78 Å². The molecule has 0 saturated heterocycles. The predicted octanol–water partition coefficient (Wildman–Crippen LogP) is -0.154. The highest BCUT2D eigenvalue weighted by Gasteiger charge is 2.17. The lowest BCUT2D eigenvalue weighted by molar-refractivity contribution is -0.122. The van der Waals surface area contributed by atoms with Crippen molar-refractivity contribution in [2.75, 3.05) is 6.61 Å². The number of carbonyl (C=O) groups excluding carboxylic acids is 1. The molecule has 2 aromatic rings. The number of nitrogens with two attached hydrogens (primary N) is 1. The third-order valence-electron chi connectivity index (χ3n) is 3.77. The van der Waals surface area contributed by atoms with Crippen molar-refractivity contribution in [2.24, 2.45) is 5.73 Å². The summed E-state index contributed by atoms with van der Waals surface area (Å²) >= 11 is 0. The molecule has 5 N–H and O–H groups in total. The van der Waals surface area contributed by atoms with Gasteiger partial charge in [0.25, 0.3) is 0 Å². The van der Waals surface area contributed by atoms with Gasteiger partial charge in [-0.2, -0.15) is 0 Å². The van der Waals surface area contributed by atoms with Crippen molar-refractivity contribution in [1.29, 1.82) is 0 Å². The number of tetrazole rings is 1. The number of nitrogens with zero attached hydrogens (tertiary/aromatic N) is 4. The molecule has 1 amide bonds. The lowest BCUT2D eigenvalue weighted by atomic mass is 10.1. The average Bonchev–Trinajstić information content (AvgIpc) is 3.06. The minimum absolute atomic E-state index is 0. The van der Waals surface area contributed by atoms with E-state index in [4.69, 9.17) is 15.8 Å². The zero-order valence-electron chi connectivity index (χ0n) is 15.4. The van der Waals surface area contributed by atoms with Crippen LogP contribution in [0.5, 0.6) is 0 Å². The highest BCUT2D eigenvalue weighted by Crippen LogP contribution is 2.14. The van der Waals surface area contributed by atoms with Crippen molar-refractivity contribution in [3.8, 4) is 0 Å². The maximum atomic E-state index is 13.2. The molecule has 0 bridgehead atoms. The summed E-state index contributed by atoms with van der Waals surface area (Å²) in [5.41, 5.74) is 6.33. The fourth-order valence-corrected chi connectivity index (χ4v) is 2.48. The molecule has 2 rings (SSSR count). The van der Waals surface area contributed by atoms with Gasteiger partial charge in [0, 0.05) is 19.2 Å². The molecule has 0 saturated carbocycles. The van der Waals surface area contributed by atoms with Crippen LogP contribution in [0, 0.1) is 11.6 Å². The Labute approximate surface area is 172 Å². The predicted molar refractivity (Wildman–Crippen MR) is 100 cm³/mol. The summed E-state index contributed by atoms with van der Waals surface area (Å²) in [5.74, 6) is -1.58. The fraction of sp³-hybridized carbons (Fsp3) is 0.467. The summed E-state index contributed by atoms with van der Waals surface area (Å²) in [6.45, 7) is -0.0835. The van der Waals surface area contributed by atoms with Crippen molar-refractivity contribution in [2.45, 2.75) is 38.4 Å². The number of benzene rings is 1. The topological polar surface area (TPSA) is 148 Å². The van der Waals surface area contributed by atoms with Gasteiger partial charge in [-0.25, -0.2) is 13.5 Å². The molecular weight excluding hydrogens is 412 g/mol. The van der Waals surface area contributed by atoms with E-state index in [1.807, 2.05) is 0 Å². The molecule has 1 atom stereocenters. The number of hydrogen-bond donors (Lipinski definition) is 4. The second kappa shape index (κ2) is 12.4. The van der Waals surface area contributed by atoms with Gasteiger partial charge in [0.15, 0.2) is 5.82 Å². The van der Waals surface area contributed by atoms with Crippen LogP contribution < -0.4 is 11.1 Å². The average molecular weight is 435 g/mol. The van der Waals surface area contributed by atoms with Crippen LogP contribution in [0.1, 0.15) is 36.7 Å². The first-order chi connectivity index (χ1) is 13.3. The first-order valence-electron chi connectivity index (χ1n) is 8.56. The van der Waals surface area contributed by atoms with Crippen LogP contribution in [-0.2, 0) is 22.5 Å². The van der Waals surface area contributed by atoms with Crippen molar-refractivity contribution in [3.63, 3.8) is 0 Å². The quantitative estimate of drug-likeness (QED) is 0.282. The van der Waals surface area contributed by atoms with E-state index in [9.17, 15) is 13.6 Å². The summed E-state index contributed by atoms with van der Waals surface area (Å²) < 4.78 is 32.2. The summed E-state index contributed by atoms with van der Waals surface area (Å²) in [5, 5.41) is 30.8. The number of halogens is 3.